The van der Waals surface area contributed by atoms with Gasteiger partial charge < -0.3 is 4.90 Å². The molecule has 1 fully saturated rings. The summed E-state index contributed by atoms with van der Waals surface area (Å²) in [6, 6.07) is 1.62. The van der Waals surface area contributed by atoms with Crippen LogP contribution in [0.4, 0.5) is 11.4 Å². The van der Waals surface area contributed by atoms with Gasteiger partial charge in [-0.2, -0.15) is 0 Å². The van der Waals surface area contributed by atoms with Crippen LogP contribution >= 0.6 is 15.9 Å². The zero-order chi connectivity index (χ0) is 12.6. The number of rotatable bonds is 2. The number of nitro groups is 1. The quantitative estimate of drug-likeness (QED) is 0.619. The summed E-state index contributed by atoms with van der Waals surface area (Å²) < 4.78 is 0.828. The van der Waals surface area contributed by atoms with Crippen molar-refractivity contribution in [3.63, 3.8) is 0 Å². The zero-order valence-electron chi connectivity index (χ0n) is 9.99. The Morgan fingerprint density at radius 2 is 1.88 bits per heavy atom. The molecule has 1 heterocycles. The Bertz CT molecular complexity index is 468. The summed E-state index contributed by atoms with van der Waals surface area (Å²) in [7, 11) is 0. The Labute approximate surface area is 109 Å². The molecular formula is C12H15BrN2O2. The molecule has 0 saturated carbocycles. The lowest BCUT2D eigenvalue weighted by molar-refractivity contribution is -0.385. The first kappa shape index (κ1) is 12.4. The van der Waals surface area contributed by atoms with Crippen molar-refractivity contribution in [1.29, 1.82) is 0 Å². The van der Waals surface area contributed by atoms with E-state index in [1.165, 1.54) is 12.8 Å². The molecule has 0 amide bonds. The van der Waals surface area contributed by atoms with E-state index < -0.39 is 0 Å². The molecular weight excluding hydrogens is 284 g/mol. The molecule has 0 aromatic heterocycles. The van der Waals surface area contributed by atoms with E-state index in [0.717, 1.165) is 34.4 Å². The molecule has 1 aliphatic heterocycles. The van der Waals surface area contributed by atoms with Crippen LogP contribution in [0.3, 0.4) is 0 Å². The summed E-state index contributed by atoms with van der Waals surface area (Å²) in [4.78, 5) is 12.9. The minimum absolute atomic E-state index is 0.192. The van der Waals surface area contributed by atoms with Crippen LogP contribution in [0.15, 0.2) is 10.5 Å². The van der Waals surface area contributed by atoms with Crippen LogP contribution in [0.25, 0.3) is 0 Å². The van der Waals surface area contributed by atoms with Crippen molar-refractivity contribution in [1.82, 2.24) is 0 Å². The minimum Gasteiger partial charge on any atom is -0.370 e. The van der Waals surface area contributed by atoms with Gasteiger partial charge in [-0.3, -0.25) is 10.1 Å². The molecule has 0 atom stereocenters. The minimum atomic E-state index is -0.319. The predicted molar refractivity (Wildman–Crippen MR) is 71.7 cm³/mol. The molecule has 17 heavy (non-hydrogen) atoms. The molecule has 0 N–H and O–H groups in total. The fraction of sp³-hybridized carbons (Fsp3) is 0.500. The molecule has 1 aromatic carbocycles. The highest BCUT2D eigenvalue weighted by atomic mass is 79.9. The Hall–Kier alpha value is -1.10. The molecule has 2 rings (SSSR count). The largest absolute Gasteiger partial charge is 0.370 e. The molecule has 5 heteroatoms. The highest BCUT2D eigenvalue weighted by Crippen LogP contribution is 2.38. The number of hydrogen-bond donors (Lipinski definition) is 0. The number of hydrogen-bond acceptors (Lipinski definition) is 3. The summed E-state index contributed by atoms with van der Waals surface area (Å²) in [5.74, 6) is 0. The summed E-state index contributed by atoms with van der Waals surface area (Å²) in [6.45, 7) is 5.85. The Kier molecular flexibility index (Phi) is 3.38. The van der Waals surface area contributed by atoms with Crippen LogP contribution in [0.2, 0.25) is 0 Å². The van der Waals surface area contributed by atoms with Crippen molar-refractivity contribution >= 4 is 27.3 Å². The van der Waals surface area contributed by atoms with Crippen molar-refractivity contribution in [3.8, 4) is 0 Å². The Morgan fingerprint density at radius 3 is 2.41 bits per heavy atom. The maximum Gasteiger partial charge on any atom is 0.273 e. The highest BCUT2D eigenvalue weighted by Gasteiger charge is 2.23. The number of nitrogens with zero attached hydrogens (tertiary/aromatic N) is 2. The van der Waals surface area contributed by atoms with Gasteiger partial charge in [-0.25, -0.2) is 0 Å². The third kappa shape index (κ3) is 2.16. The van der Waals surface area contributed by atoms with Crippen LogP contribution in [-0.4, -0.2) is 18.0 Å². The normalized spacial score (nSPS) is 15.4. The highest BCUT2D eigenvalue weighted by molar-refractivity contribution is 9.10. The van der Waals surface area contributed by atoms with Crippen molar-refractivity contribution in [2.45, 2.75) is 26.7 Å². The molecule has 0 spiro atoms. The van der Waals surface area contributed by atoms with Gasteiger partial charge in [0.1, 0.15) is 0 Å². The van der Waals surface area contributed by atoms with Gasteiger partial charge in [-0.1, -0.05) is 0 Å². The zero-order valence-corrected chi connectivity index (χ0v) is 11.6. The monoisotopic (exact) mass is 298 g/mol. The van der Waals surface area contributed by atoms with Crippen LogP contribution in [-0.2, 0) is 0 Å². The summed E-state index contributed by atoms with van der Waals surface area (Å²) >= 11 is 3.46. The summed E-state index contributed by atoms with van der Waals surface area (Å²) in [5.41, 5.74) is 3.08. The lowest BCUT2D eigenvalue weighted by atomic mass is 10.1. The number of anilines is 1. The fourth-order valence-electron chi connectivity index (χ4n) is 2.36. The predicted octanol–water partition coefficient (Wildman–Crippen LogP) is 3.57. The lowest BCUT2D eigenvalue weighted by Gasteiger charge is -2.22. The first-order chi connectivity index (χ1) is 8.02. The van der Waals surface area contributed by atoms with Gasteiger partial charge in [0.15, 0.2) is 0 Å². The summed E-state index contributed by atoms with van der Waals surface area (Å²) in [6.07, 6.45) is 2.39. The average molecular weight is 299 g/mol. The van der Waals surface area contributed by atoms with Gasteiger partial charge in [-0.05, 0) is 48.2 Å². The second-order valence-corrected chi connectivity index (χ2v) is 5.28. The van der Waals surface area contributed by atoms with E-state index in [9.17, 15) is 10.1 Å². The van der Waals surface area contributed by atoms with Gasteiger partial charge >= 0.3 is 0 Å². The molecule has 0 bridgehead atoms. The van der Waals surface area contributed by atoms with E-state index in [1.807, 2.05) is 13.8 Å². The Morgan fingerprint density at radius 1 is 1.29 bits per heavy atom. The van der Waals surface area contributed by atoms with Crippen LogP contribution in [0, 0.1) is 24.0 Å². The van der Waals surface area contributed by atoms with E-state index in [2.05, 4.69) is 20.8 Å². The second-order valence-electron chi connectivity index (χ2n) is 4.43. The van der Waals surface area contributed by atoms with Gasteiger partial charge in [-0.15, -0.1) is 0 Å². The molecule has 92 valence electrons. The first-order valence-corrected chi connectivity index (χ1v) is 6.50. The van der Waals surface area contributed by atoms with Gasteiger partial charge in [0.05, 0.1) is 10.6 Å². The topological polar surface area (TPSA) is 46.4 Å². The van der Waals surface area contributed by atoms with Crippen molar-refractivity contribution in [2.24, 2.45) is 0 Å². The maximum absolute atomic E-state index is 10.9. The van der Waals surface area contributed by atoms with E-state index in [1.54, 1.807) is 6.07 Å². The number of benzene rings is 1. The van der Waals surface area contributed by atoms with Crippen molar-refractivity contribution < 1.29 is 4.92 Å². The first-order valence-electron chi connectivity index (χ1n) is 5.71. The van der Waals surface area contributed by atoms with Crippen LogP contribution < -0.4 is 4.90 Å². The molecule has 1 aliphatic rings. The van der Waals surface area contributed by atoms with Gasteiger partial charge in [0.2, 0.25) is 0 Å². The molecule has 0 radical (unpaired) electrons. The molecule has 1 aromatic rings. The SMILES string of the molecule is Cc1c([N+](=O)[O-])cc(Br)c(N2CCCC2)c1C. The molecule has 4 nitrogen and oxygen atoms in total. The van der Waals surface area contributed by atoms with Crippen molar-refractivity contribution in [3.05, 3.63) is 31.8 Å². The molecule has 0 aliphatic carbocycles. The van der Waals surface area contributed by atoms with E-state index in [-0.39, 0.29) is 10.6 Å². The van der Waals surface area contributed by atoms with Crippen molar-refractivity contribution in [2.75, 3.05) is 18.0 Å². The number of halogens is 1. The Balaban J connectivity index is 2.54. The standard InChI is InChI=1S/C12H15BrN2O2/c1-8-9(2)12(14-5-3-4-6-14)10(13)7-11(8)15(16)17/h7H,3-6H2,1-2H3. The third-order valence-corrected chi connectivity index (χ3v) is 4.02. The van der Waals surface area contributed by atoms with Crippen LogP contribution in [0.1, 0.15) is 24.0 Å². The van der Waals surface area contributed by atoms with E-state index >= 15 is 0 Å². The molecule has 1 saturated heterocycles. The average Bonchev–Trinajstić information content (AvgIpc) is 2.76. The van der Waals surface area contributed by atoms with Crippen LogP contribution in [0.5, 0.6) is 0 Å². The smallest absolute Gasteiger partial charge is 0.273 e. The fourth-order valence-corrected chi connectivity index (χ4v) is 3.13. The lowest BCUT2D eigenvalue weighted by Crippen LogP contribution is -2.20. The van der Waals surface area contributed by atoms with E-state index in [4.69, 9.17) is 0 Å². The summed E-state index contributed by atoms with van der Waals surface area (Å²) in [5, 5.41) is 10.9. The third-order valence-electron chi connectivity index (χ3n) is 3.41. The van der Waals surface area contributed by atoms with Gasteiger partial charge in [0, 0.05) is 29.2 Å². The van der Waals surface area contributed by atoms with Gasteiger partial charge in [0.25, 0.3) is 5.69 Å². The second kappa shape index (κ2) is 4.64. The van der Waals surface area contributed by atoms with E-state index in [0.29, 0.717) is 0 Å². The molecule has 0 unspecified atom stereocenters. The number of nitro benzene ring substituents is 1. The maximum atomic E-state index is 10.9.